The van der Waals surface area contributed by atoms with E-state index in [4.69, 9.17) is 15.6 Å². The van der Waals surface area contributed by atoms with Crippen LogP contribution in [0.4, 0.5) is 0 Å². The number of hydrogen-bond acceptors (Lipinski definition) is 6. The highest BCUT2D eigenvalue weighted by Gasteiger charge is 2.21. The summed E-state index contributed by atoms with van der Waals surface area (Å²) < 4.78 is 6.85. The van der Waals surface area contributed by atoms with E-state index in [1.807, 2.05) is 30.3 Å². The van der Waals surface area contributed by atoms with E-state index >= 15 is 0 Å². The number of nitrogens with zero attached hydrogens (tertiary/aromatic N) is 2. The molecule has 0 radical (unpaired) electrons. The maximum atomic E-state index is 10.8. The standard InChI is InChI=1S/C15H15NO2S.C8H16N2O/c1-2-7-12(8-5-6-11-17)18-15-16-13-9-3-4-10-14(13)19-15;1-2-10-5-3-7(4-6-10)8(9)11/h2-7,9-10,17H,1,8,11H2;7H,2-6H2,1H3,(H2,9,11)/b6-5-,12-7+;. The van der Waals surface area contributed by atoms with E-state index < -0.39 is 0 Å². The number of thiazole rings is 1. The number of hydrogen-bond donors (Lipinski definition) is 2. The number of rotatable bonds is 8. The molecule has 0 atom stereocenters. The van der Waals surface area contributed by atoms with Gasteiger partial charge in [0.05, 0.1) is 16.8 Å². The molecule has 0 unspecified atom stereocenters. The lowest BCUT2D eigenvalue weighted by Gasteiger charge is -2.29. The zero-order chi connectivity index (χ0) is 21.8. The number of para-hydroxylation sites is 1. The number of carbonyl (C=O) groups is 1. The highest BCUT2D eigenvalue weighted by atomic mass is 32.1. The highest BCUT2D eigenvalue weighted by Crippen LogP contribution is 2.29. The van der Waals surface area contributed by atoms with E-state index in [2.05, 4.69) is 23.4 Å². The fourth-order valence-electron chi connectivity index (χ4n) is 3.09. The zero-order valence-corrected chi connectivity index (χ0v) is 18.3. The number of piperidine rings is 1. The Morgan fingerprint density at radius 2 is 2.10 bits per heavy atom. The lowest BCUT2D eigenvalue weighted by atomic mass is 9.96. The van der Waals surface area contributed by atoms with Crippen molar-refractivity contribution in [3.63, 3.8) is 0 Å². The van der Waals surface area contributed by atoms with E-state index in [1.54, 1.807) is 18.2 Å². The molecule has 2 heterocycles. The Morgan fingerprint density at radius 3 is 2.70 bits per heavy atom. The summed E-state index contributed by atoms with van der Waals surface area (Å²) in [4.78, 5) is 17.5. The van der Waals surface area contributed by atoms with Gasteiger partial charge in [-0.15, -0.1) is 0 Å². The van der Waals surface area contributed by atoms with Crippen molar-refractivity contribution >= 4 is 27.5 Å². The van der Waals surface area contributed by atoms with Crippen molar-refractivity contribution in [3.8, 4) is 5.19 Å². The molecule has 1 amide bonds. The third-order valence-corrected chi connectivity index (χ3v) is 5.74. The van der Waals surface area contributed by atoms with Gasteiger partial charge in [0.2, 0.25) is 5.91 Å². The van der Waals surface area contributed by atoms with Crippen LogP contribution in [0.5, 0.6) is 5.19 Å². The van der Waals surface area contributed by atoms with Crippen molar-refractivity contribution in [2.75, 3.05) is 26.2 Å². The van der Waals surface area contributed by atoms with Crippen molar-refractivity contribution in [3.05, 3.63) is 60.9 Å². The monoisotopic (exact) mass is 429 g/mol. The Morgan fingerprint density at radius 1 is 1.37 bits per heavy atom. The molecule has 0 bridgehead atoms. The van der Waals surface area contributed by atoms with Gasteiger partial charge < -0.3 is 20.5 Å². The summed E-state index contributed by atoms with van der Waals surface area (Å²) in [6, 6.07) is 7.91. The van der Waals surface area contributed by atoms with Gasteiger partial charge in [-0.05, 0) is 50.7 Å². The molecule has 0 saturated carbocycles. The Balaban J connectivity index is 0.000000248. The topological polar surface area (TPSA) is 88.7 Å². The smallest absolute Gasteiger partial charge is 0.279 e. The predicted molar refractivity (Wildman–Crippen MR) is 123 cm³/mol. The molecule has 1 aromatic carbocycles. The molecule has 30 heavy (non-hydrogen) atoms. The van der Waals surface area contributed by atoms with E-state index in [0.717, 1.165) is 48.5 Å². The average molecular weight is 430 g/mol. The number of carbonyl (C=O) groups excluding carboxylic acids is 1. The van der Waals surface area contributed by atoms with Crippen LogP contribution in [-0.2, 0) is 4.79 Å². The lowest BCUT2D eigenvalue weighted by Crippen LogP contribution is -2.38. The van der Waals surface area contributed by atoms with Crippen LogP contribution in [0.1, 0.15) is 26.2 Å². The number of primary amides is 1. The normalized spacial score (nSPS) is 15.7. The molecule has 7 heteroatoms. The van der Waals surface area contributed by atoms with Gasteiger partial charge in [-0.1, -0.05) is 55.2 Å². The molecule has 0 spiro atoms. The number of aliphatic hydroxyl groups excluding tert-OH is 1. The Kier molecular flexibility index (Phi) is 10.3. The average Bonchev–Trinajstić information content (AvgIpc) is 3.17. The molecule has 1 saturated heterocycles. The Labute approximate surface area is 182 Å². The molecular formula is C23H31N3O3S. The van der Waals surface area contributed by atoms with E-state index in [9.17, 15) is 4.79 Å². The van der Waals surface area contributed by atoms with E-state index in [1.165, 1.54) is 11.3 Å². The second-order valence-corrected chi connectivity index (χ2v) is 7.88. The minimum absolute atomic E-state index is 0.0303. The first-order valence-corrected chi connectivity index (χ1v) is 11.0. The summed E-state index contributed by atoms with van der Waals surface area (Å²) in [6.45, 7) is 8.99. The number of benzene rings is 1. The van der Waals surface area contributed by atoms with Gasteiger partial charge in [-0.3, -0.25) is 4.79 Å². The predicted octanol–water partition coefficient (Wildman–Crippen LogP) is 3.89. The Bertz CT molecular complexity index is 834. The van der Waals surface area contributed by atoms with Crippen molar-refractivity contribution in [2.45, 2.75) is 26.2 Å². The van der Waals surface area contributed by atoms with Crippen LogP contribution in [0.25, 0.3) is 10.2 Å². The summed E-state index contributed by atoms with van der Waals surface area (Å²) in [5.74, 6) is 0.761. The molecule has 3 rings (SSSR count). The fraction of sp³-hybridized carbons (Fsp3) is 0.391. The molecule has 1 aliphatic heterocycles. The third kappa shape index (κ3) is 7.74. The van der Waals surface area contributed by atoms with Gasteiger partial charge in [0.1, 0.15) is 5.76 Å². The van der Waals surface area contributed by atoms with Crippen LogP contribution in [-0.4, -0.2) is 47.1 Å². The first-order valence-electron chi connectivity index (χ1n) is 10.2. The molecule has 1 fully saturated rings. The molecule has 2 aromatic rings. The molecule has 6 nitrogen and oxygen atoms in total. The quantitative estimate of drug-likeness (QED) is 0.378. The molecule has 1 aliphatic rings. The number of nitrogens with two attached hydrogens (primary N) is 1. The maximum Gasteiger partial charge on any atom is 0.279 e. The van der Waals surface area contributed by atoms with Crippen molar-refractivity contribution in [1.29, 1.82) is 0 Å². The number of aliphatic hydroxyl groups is 1. The molecule has 162 valence electrons. The van der Waals surface area contributed by atoms with E-state index in [0.29, 0.717) is 11.6 Å². The number of likely N-dealkylation sites (tertiary alicyclic amines) is 1. The van der Waals surface area contributed by atoms with Gasteiger partial charge in [0.15, 0.2) is 0 Å². The summed E-state index contributed by atoms with van der Waals surface area (Å²) in [6.07, 6.45) is 9.50. The van der Waals surface area contributed by atoms with Gasteiger partial charge in [0.25, 0.3) is 5.19 Å². The number of aromatic nitrogens is 1. The van der Waals surface area contributed by atoms with Crippen LogP contribution >= 0.6 is 11.3 Å². The minimum Gasteiger partial charge on any atom is -0.435 e. The van der Waals surface area contributed by atoms with Crippen molar-refractivity contribution in [1.82, 2.24) is 9.88 Å². The van der Waals surface area contributed by atoms with E-state index in [-0.39, 0.29) is 18.4 Å². The number of ether oxygens (including phenoxy) is 1. The minimum atomic E-state index is -0.124. The second kappa shape index (κ2) is 13.0. The lowest BCUT2D eigenvalue weighted by molar-refractivity contribution is -0.123. The first-order chi connectivity index (χ1) is 14.6. The number of allylic oxidation sites excluding steroid dienone is 3. The third-order valence-electron chi connectivity index (χ3n) is 4.82. The van der Waals surface area contributed by atoms with Crippen LogP contribution in [0.2, 0.25) is 0 Å². The first kappa shape index (κ1) is 23.8. The number of amides is 1. The molecular weight excluding hydrogens is 398 g/mol. The highest BCUT2D eigenvalue weighted by molar-refractivity contribution is 7.20. The molecule has 3 N–H and O–H groups in total. The van der Waals surface area contributed by atoms with Gasteiger partial charge in [-0.2, -0.15) is 0 Å². The zero-order valence-electron chi connectivity index (χ0n) is 17.5. The molecule has 1 aromatic heterocycles. The summed E-state index contributed by atoms with van der Waals surface area (Å²) in [5.41, 5.74) is 6.13. The summed E-state index contributed by atoms with van der Waals surface area (Å²) in [5, 5.41) is 9.33. The van der Waals surface area contributed by atoms with Crippen molar-refractivity contribution < 1.29 is 14.6 Å². The van der Waals surface area contributed by atoms with Crippen LogP contribution in [0.3, 0.4) is 0 Å². The van der Waals surface area contributed by atoms with Crippen LogP contribution in [0, 0.1) is 5.92 Å². The second-order valence-electron chi connectivity index (χ2n) is 6.89. The maximum absolute atomic E-state index is 10.8. The SMILES string of the molecule is C=C/C=C(\C/C=C\CO)Oc1nc2ccccc2s1.CCN1CCC(C(N)=O)CC1. The van der Waals surface area contributed by atoms with Gasteiger partial charge >= 0.3 is 0 Å². The largest absolute Gasteiger partial charge is 0.435 e. The fourth-order valence-corrected chi connectivity index (χ4v) is 3.94. The molecule has 0 aliphatic carbocycles. The Hall–Kier alpha value is -2.48. The van der Waals surface area contributed by atoms with Gasteiger partial charge in [-0.25, -0.2) is 4.98 Å². The van der Waals surface area contributed by atoms with Gasteiger partial charge in [0, 0.05) is 12.3 Å². The summed E-state index contributed by atoms with van der Waals surface area (Å²) in [7, 11) is 0. The van der Waals surface area contributed by atoms with Crippen LogP contribution in [0.15, 0.2) is 60.9 Å². The summed E-state index contributed by atoms with van der Waals surface area (Å²) >= 11 is 1.51. The van der Waals surface area contributed by atoms with Crippen molar-refractivity contribution in [2.24, 2.45) is 11.7 Å². The number of fused-ring (bicyclic) bond motifs is 1. The van der Waals surface area contributed by atoms with Crippen LogP contribution < -0.4 is 10.5 Å².